The van der Waals surface area contributed by atoms with Crippen molar-refractivity contribution in [1.82, 2.24) is 4.90 Å². The molecular weight excluding hydrogens is 232 g/mol. The molecular formula is C13H16N2O3. The minimum absolute atomic E-state index is 0.159. The molecule has 2 aromatic heterocycles. The Balaban J connectivity index is 2.09. The van der Waals surface area contributed by atoms with Gasteiger partial charge in [-0.25, -0.2) is 0 Å². The maximum Gasteiger partial charge on any atom is 0.289 e. The van der Waals surface area contributed by atoms with Crippen LogP contribution in [0.1, 0.15) is 29.0 Å². The monoisotopic (exact) mass is 248 g/mol. The SMILES string of the molecule is CCN(Cc1ccco1)C(=O)c1ccc(CN)o1. The van der Waals surface area contributed by atoms with Crippen LogP contribution in [0.5, 0.6) is 0 Å². The van der Waals surface area contributed by atoms with Gasteiger partial charge in [-0.3, -0.25) is 4.79 Å². The van der Waals surface area contributed by atoms with Crippen LogP contribution in [0.2, 0.25) is 0 Å². The molecule has 0 aliphatic heterocycles. The second-order valence-electron chi connectivity index (χ2n) is 3.87. The van der Waals surface area contributed by atoms with Gasteiger partial charge in [0.15, 0.2) is 5.76 Å². The first-order valence-electron chi connectivity index (χ1n) is 5.85. The van der Waals surface area contributed by atoms with Crippen molar-refractivity contribution in [1.29, 1.82) is 0 Å². The zero-order valence-corrected chi connectivity index (χ0v) is 10.3. The molecule has 1 amide bonds. The molecule has 0 unspecified atom stereocenters. The van der Waals surface area contributed by atoms with Crippen LogP contribution < -0.4 is 5.73 Å². The molecule has 0 fully saturated rings. The third kappa shape index (κ3) is 2.62. The Morgan fingerprint density at radius 3 is 2.72 bits per heavy atom. The van der Waals surface area contributed by atoms with Crippen LogP contribution in [0.25, 0.3) is 0 Å². The number of hydrogen-bond acceptors (Lipinski definition) is 4. The van der Waals surface area contributed by atoms with E-state index >= 15 is 0 Å². The lowest BCUT2D eigenvalue weighted by Crippen LogP contribution is -2.29. The van der Waals surface area contributed by atoms with Crippen molar-refractivity contribution in [3.05, 3.63) is 47.8 Å². The minimum Gasteiger partial charge on any atom is -0.467 e. The highest BCUT2D eigenvalue weighted by molar-refractivity contribution is 5.91. The van der Waals surface area contributed by atoms with Crippen LogP contribution in [0.4, 0.5) is 0 Å². The molecule has 2 N–H and O–H groups in total. The summed E-state index contributed by atoms with van der Waals surface area (Å²) in [5.41, 5.74) is 5.45. The van der Waals surface area contributed by atoms with E-state index in [1.807, 2.05) is 13.0 Å². The molecule has 2 heterocycles. The number of carbonyl (C=O) groups is 1. The van der Waals surface area contributed by atoms with Crippen LogP contribution in [0, 0.1) is 0 Å². The number of hydrogen-bond donors (Lipinski definition) is 1. The zero-order valence-electron chi connectivity index (χ0n) is 10.3. The van der Waals surface area contributed by atoms with Crippen molar-refractivity contribution in [2.45, 2.75) is 20.0 Å². The topological polar surface area (TPSA) is 72.6 Å². The number of furan rings is 2. The van der Waals surface area contributed by atoms with Crippen LogP contribution in [0.15, 0.2) is 39.4 Å². The molecule has 0 radical (unpaired) electrons. The van der Waals surface area contributed by atoms with Crippen molar-refractivity contribution in [2.24, 2.45) is 5.73 Å². The van der Waals surface area contributed by atoms with E-state index in [4.69, 9.17) is 14.6 Å². The summed E-state index contributed by atoms with van der Waals surface area (Å²) in [6, 6.07) is 7.00. The summed E-state index contributed by atoms with van der Waals surface area (Å²) < 4.78 is 10.6. The van der Waals surface area contributed by atoms with Crippen molar-refractivity contribution in [3.8, 4) is 0 Å². The maximum atomic E-state index is 12.2. The fraction of sp³-hybridized carbons (Fsp3) is 0.308. The van der Waals surface area contributed by atoms with Gasteiger partial charge in [-0.2, -0.15) is 0 Å². The van der Waals surface area contributed by atoms with Gasteiger partial charge in [0.05, 0.1) is 19.4 Å². The van der Waals surface area contributed by atoms with Gasteiger partial charge in [-0.15, -0.1) is 0 Å². The quantitative estimate of drug-likeness (QED) is 0.878. The van der Waals surface area contributed by atoms with Crippen molar-refractivity contribution >= 4 is 5.91 Å². The Morgan fingerprint density at radius 1 is 1.33 bits per heavy atom. The summed E-state index contributed by atoms with van der Waals surface area (Å²) >= 11 is 0. The number of nitrogens with two attached hydrogens (primary N) is 1. The van der Waals surface area contributed by atoms with Crippen LogP contribution in [-0.2, 0) is 13.1 Å². The Kier molecular flexibility index (Phi) is 3.84. The first-order valence-corrected chi connectivity index (χ1v) is 5.85. The molecule has 5 heteroatoms. The minimum atomic E-state index is -0.159. The largest absolute Gasteiger partial charge is 0.467 e. The summed E-state index contributed by atoms with van der Waals surface area (Å²) in [5.74, 6) is 1.50. The van der Waals surface area contributed by atoms with E-state index < -0.39 is 0 Å². The Labute approximate surface area is 105 Å². The molecule has 2 rings (SSSR count). The molecule has 0 aromatic carbocycles. The van der Waals surface area contributed by atoms with Gasteiger partial charge >= 0.3 is 0 Å². The van der Waals surface area contributed by atoms with Gasteiger partial charge in [-0.05, 0) is 31.2 Å². The van der Waals surface area contributed by atoms with Gasteiger partial charge in [0.25, 0.3) is 5.91 Å². The van der Waals surface area contributed by atoms with E-state index in [2.05, 4.69) is 0 Å². The average Bonchev–Trinajstić information content (AvgIpc) is 3.06. The molecule has 2 aromatic rings. The number of nitrogens with zero attached hydrogens (tertiary/aromatic N) is 1. The molecule has 0 bridgehead atoms. The maximum absolute atomic E-state index is 12.2. The lowest BCUT2D eigenvalue weighted by atomic mass is 10.3. The molecule has 5 nitrogen and oxygen atoms in total. The van der Waals surface area contributed by atoms with E-state index in [9.17, 15) is 4.79 Å². The normalized spacial score (nSPS) is 10.6. The number of carbonyl (C=O) groups excluding carboxylic acids is 1. The van der Waals surface area contributed by atoms with Crippen molar-refractivity contribution < 1.29 is 13.6 Å². The van der Waals surface area contributed by atoms with E-state index in [-0.39, 0.29) is 12.5 Å². The van der Waals surface area contributed by atoms with Gasteiger partial charge in [0.1, 0.15) is 11.5 Å². The lowest BCUT2D eigenvalue weighted by molar-refractivity contribution is 0.0707. The van der Waals surface area contributed by atoms with E-state index in [0.29, 0.717) is 24.6 Å². The van der Waals surface area contributed by atoms with E-state index in [1.165, 1.54) is 0 Å². The van der Waals surface area contributed by atoms with Crippen LogP contribution in [-0.4, -0.2) is 17.4 Å². The highest BCUT2D eigenvalue weighted by Gasteiger charge is 2.18. The number of amides is 1. The van der Waals surface area contributed by atoms with Gasteiger partial charge < -0.3 is 19.5 Å². The molecule has 0 saturated heterocycles. The first kappa shape index (κ1) is 12.4. The third-order valence-corrected chi connectivity index (χ3v) is 2.67. The summed E-state index contributed by atoms with van der Waals surface area (Å²) in [6.07, 6.45) is 1.59. The fourth-order valence-electron chi connectivity index (χ4n) is 1.68. The molecule has 96 valence electrons. The van der Waals surface area contributed by atoms with Crippen molar-refractivity contribution in [3.63, 3.8) is 0 Å². The van der Waals surface area contributed by atoms with Crippen LogP contribution in [0.3, 0.4) is 0 Å². The summed E-state index contributed by atoms with van der Waals surface area (Å²) in [5, 5.41) is 0. The van der Waals surface area contributed by atoms with Crippen LogP contribution >= 0.6 is 0 Å². The van der Waals surface area contributed by atoms with E-state index in [0.717, 1.165) is 5.76 Å². The molecule has 18 heavy (non-hydrogen) atoms. The molecule has 0 aliphatic rings. The first-order chi connectivity index (χ1) is 8.74. The summed E-state index contributed by atoms with van der Waals surface area (Å²) in [4.78, 5) is 13.8. The summed E-state index contributed by atoms with van der Waals surface area (Å²) in [6.45, 7) is 3.21. The predicted molar refractivity (Wildman–Crippen MR) is 65.7 cm³/mol. The second-order valence-corrected chi connectivity index (χ2v) is 3.87. The summed E-state index contributed by atoms with van der Waals surface area (Å²) in [7, 11) is 0. The van der Waals surface area contributed by atoms with Gasteiger partial charge in [0, 0.05) is 6.54 Å². The highest BCUT2D eigenvalue weighted by Crippen LogP contribution is 2.13. The van der Waals surface area contributed by atoms with Gasteiger partial charge in [0.2, 0.25) is 0 Å². The standard InChI is InChI=1S/C13H16N2O3/c1-2-15(9-11-4-3-7-17-11)13(16)12-6-5-10(8-14)18-12/h3-7H,2,8-9,14H2,1H3. The Morgan fingerprint density at radius 2 is 2.17 bits per heavy atom. The highest BCUT2D eigenvalue weighted by atomic mass is 16.4. The zero-order chi connectivity index (χ0) is 13.0. The average molecular weight is 248 g/mol. The second kappa shape index (κ2) is 5.55. The fourth-order valence-corrected chi connectivity index (χ4v) is 1.68. The molecule has 0 aliphatic carbocycles. The Hall–Kier alpha value is -2.01. The van der Waals surface area contributed by atoms with Crippen molar-refractivity contribution in [2.75, 3.05) is 6.54 Å². The molecule has 0 saturated carbocycles. The lowest BCUT2D eigenvalue weighted by Gasteiger charge is -2.18. The van der Waals surface area contributed by atoms with Gasteiger partial charge in [-0.1, -0.05) is 0 Å². The third-order valence-electron chi connectivity index (χ3n) is 2.67. The Bertz CT molecular complexity index is 502. The number of rotatable bonds is 5. The molecule has 0 spiro atoms. The molecule has 0 atom stereocenters. The predicted octanol–water partition coefficient (Wildman–Crippen LogP) is 1.99. The van der Waals surface area contributed by atoms with E-state index in [1.54, 1.807) is 29.4 Å². The smallest absolute Gasteiger partial charge is 0.289 e.